The highest BCUT2D eigenvalue weighted by Crippen LogP contribution is 2.27. The minimum absolute atomic E-state index is 0.000848. The number of hydrogen-bond donors (Lipinski definition) is 0. The molecule has 0 aliphatic heterocycles. The van der Waals surface area contributed by atoms with Crippen molar-refractivity contribution in [2.75, 3.05) is 7.11 Å². The van der Waals surface area contributed by atoms with E-state index in [1.54, 1.807) is 18.3 Å². The van der Waals surface area contributed by atoms with Crippen LogP contribution in [0, 0.1) is 10.1 Å². The van der Waals surface area contributed by atoms with Crippen LogP contribution in [0.4, 0.5) is 5.69 Å². The Morgan fingerprint density at radius 3 is 2.50 bits per heavy atom. The molecular weight excluding hydrogens is 406 g/mol. The summed E-state index contributed by atoms with van der Waals surface area (Å²) in [5, 5.41) is 14.9. The highest BCUT2D eigenvalue weighted by atomic mass is 16.6. The van der Waals surface area contributed by atoms with Crippen molar-refractivity contribution in [3.05, 3.63) is 98.9 Å². The zero-order valence-corrected chi connectivity index (χ0v) is 18.5. The average Bonchev–Trinajstić information content (AvgIpc) is 3.15. The van der Waals surface area contributed by atoms with Crippen molar-refractivity contribution in [2.45, 2.75) is 39.2 Å². The van der Waals surface area contributed by atoms with Crippen molar-refractivity contribution in [3.63, 3.8) is 0 Å². The smallest absolute Gasteiger partial charge is 0.269 e. The van der Waals surface area contributed by atoms with Crippen molar-refractivity contribution in [1.29, 1.82) is 0 Å². The summed E-state index contributed by atoms with van der Waals surface area (Å²) >= 11 is 0. The molecule has 0 saturated heterocycles. The van der Waals surface area contributed by atoms with Crippen molar-refractivity contribution >= 4 is 17.7 Å². The summed E-state index contributed by atoms with van der Waals surface area (Å²) in [7, 11) is 1.48. The lowest BCUT2D eigenvalue weighted by Crippen LogP contribution is -2.12. The molecule has 1 heterocycles. The summed E-state index contributed by atoms with van der Waals surface area (Å²) in [6.45, 7) is 4.73. The number of nitro benzene ring substituents is 1. The number of hydrogen-bond acceptors (Lipinski definition) is 5. The van der Waals surface area contributed by atoms with Gasteiger partial charge in [-0.2, -0.15) is 0 Å². The fourth-order valence-corrected chi connectivity index (χ4v) is 3.80. The maximum Gasteiger partial charge on any atom is 0.269 e. The molecule has 166 valence electrons. The van der Waals surface area contributed by atoms with Gasteiger partial charge in [-0.25, -0.2) is 0 Å². The molecule has 2 aromatic carbocycles. The number of nitrogens with zero attached hydrogens (tertiary/aromatic N) is 3. The number of ketones is 1. The minimum Gasteiger partial charge on any atom is -0.399 e. The average molecular weight is 434 g/mol. The van der Waals surface area contributed by atoms with Gasteiger partial charge in [-0.15, -0.1) is 0 Å². The van der Waals surface area contributed by atoms with E-state index in [1.807, 2.05) is 36.4 Å². The maximum atomic E-state index is 13.2. The molecule has 0 atom stereocenters. The van der Waals surface area contributed by atoms with Gasteiger partial charge in [0.1, 0.15) is 7.11 Å². The number of oxime groups is 1. The van der Waals surface area contributed by atoms with Crippen molar-refractivity contribution in [2.24, 2.45) is 5.16 Å². The number of carbonyl (C=O) groups is 1. The van der Waals surface area contributed by atoms with Gasteiger partial charge in [-0.1, -0.05) is 61.5 Å². The van der Waals surface area contributed by atoms with Crippen LogP contribution in [-0.2, 0) is 17.8 Å². The second-order valence-electron chi connectivity index (χ2n) is 7.86. The van der Waals surface area contributed by atoms with E-state index >= 15 is 0 Å². The quantitative estimate of drug-likeness (QED) is 0.186. The molecule has 0 N–H and O–H groups in total. The first-order valence-electron chi connectivity index (χ1n) is 10.5. The Morgan fingerprint density at radius 2 is 1.84 bits per heavy atom. The summed E-state index contributed by atoms with van der Waals surface area (Å²) in [4.78, 5) is 28.7. The Bertz CT molecular complexity index is 1120. The Labute approximate surface area is 187 Å². The van der Waals surface area contributed by atoms with Crippen molar-refractivity contribution < 1.29 is 14.6 Å². The Hall–Kier alpha value is -3.74. The molecule has 0 bridgehead atoms. The molecule has 0 amide bonds. The lowest BCUT2D eigenvalue weighted by molar-refractivity contribution is -0.384. The van der Waals surface area contributed by atoms with Gasteiger partial charge in [0.25, 0.3) is 5.69 Å². The largest absolute Gasteiger partial charge is 0.399 e. The molecule has 0 unspecified atom stereocenters. The SMILES string of the molecule is CO/N=C/c1cc(C(=O)CCc2cccc([N+](=O)[O-])c2)c(C(C)C)n1Cc1ccccc1. The molecule has 7 heteroatoms. The topological polar surface area (TPSA) is 86.7 Å². The van der Waals surface area contributed by atoms with Gasteiger partial charge in [0, 0.05) is 36.4 Å². The molecular formula is C25H27N3O4. The maximum absolute atomic E-state index is 13.2. The van der Waals surface area contributed by atoms with Crippen LogP contribution in [0.1, 0.15) is 59.1 Å². The predicted molar refractivity (Wildman–Crippen MR) is 124 cm³/mol. The molecule has 7 nitrogen and oxygen atoms in total. The number of Topliss-reactive ketones (excluding diaryl/α,β-unsaturated/α-hetero) is 1. The first kappa shape index (κ1) is 22.9. The number of carbonyl (C=O) groups excluding carboxylic acids is 1. The second-order valence-corrected chi connectivity index (χ2v) is 7.86. The van der Waals surface area contributed by atoms with Gasteiger partial charge in [0.15, 0.2) is 5.78 Å². The molecule has 3 aromatic rings. The third-order valence-electron chi connectivity index (χ3n) is 5.25. The zero-order valence-electron chi connectivity index (χ0n) is 18.5. The first-order valence-corrected chi connectivity index (χ1v) is 10.5. The number of nitro groups is 1. The van der Waals surface area contributed by atoms with Gasteiger partial charge in [0.05, 0.1) is 16.8 Å². The summed E-state index contributed by atoms with van der Waals surface area (Å²) in [5.41, 5.74) is 4.30. The van der Waals surface area contributed by atoms with Crippen LogP contribution in [0.2, 0.25) is 0 Å². The Morgan fingerprint density at radius 1 is 1.12 bits per heavy atom. The van der Waals surface area contributed by atoms with Crippen LogP contribution in [-0.4, -0.2) is 28.6 Å². The standard InChI is InChI=1S/C25H27N3O4/c1-18(2)25-23(24(29)13-12-19-10-7-11-21(14-19)28(30)31)15-22(16-26-32-3)27(25)17-20-8-5-4-6-9-20/h4-11,14-16,18H,12-13,17H2,1-3H3/b26-16+. The second kappa shape index (κ2) is 10.5. The van der Waals surface area contributed by atoms with E-state index in [0.717, 1.165) is 22.5 Å². The van der Waals surface area contributed by atoms with Crippen molar-refractivity contribution in [3.8, 4) is 0 Å². The molecule has 0 radical (unpaired) electrons. The zero-order chi connectivity index (χ0) is 23.1. The number of benzene rings is 2. The Kier molecular flexibility index (Phi) is 7.54. The van der Waals surface area contributed by atoms with Crippen LogP contribution in [0.3, 0.4) is 0 Å². The van der Waals surface area contributed by atoms with E-state index in [9.17, 15) is 14.9 Å². The third-order valence-corrected chi connectivity index (χ3v) is 5.25. The van der Waals surface area contributed by atoms with Crippen LogP contribution >= 0.6 is 0 Å². The van der Waals surface area contributed by atoms with Crippen LogP contribution in [0.15, 0.2) is 65.8 Å². The molecule has 0 spiro atoms. The van der Waals surface area contributed by atoms with Crippen LogP contribution in [0.25, 0.3) is 0 Å². The predicted octanol–water partition coefficient (Wildman–Crippen LogP) is 5.36. The van der Waals surface area contributed by atoms with Crippen molar-refractivity contribution in [1.82, 2.24) is 4.57 Å². The van der Waals surface area contributed by atoms with Crippen LogP contribution < -0.4 is 0 Å². The highest BCUT2D eigenvalue weighted by molar-refractivity contribution is 5.99. The fourth-order valence-electron chi connectivity index (χ4n) is 3.80. The molecule has 0 fully saturated rings. The number of non-ortho nitro benzene ring substituents is 1. The molecule has 0 aliphatic carbocycles. The molecule has 1 aromatic heterocycles. The summed E-state index contributed by atoms with van der Waals surface area (Å²) < 4.78 is 2.10. The summed E-state index contributed by atoms with van der Waals surface area (Å²) in [5.74, 6) is 0.110. The first-order chi connectivity index (χ1) is 15.4. The monoisotopic (exact) mass is 433 g/mol. The van der Waals surface area contributed by atoms with E-state index in [0.29, 0.717) is 18.5 Å². The van der Waals surface area contributed by atoms with E-state index in [2.05, 4.69) is 23.6 Å². The van der Waals surface area contributed by atoms with Gasteiger partial charge in [-0.3, -0.25) is 14.9 Å². The van der Waals surface area contributed by atoms with Gasteiger partial charge in [0.2, 0.25) is 0 Å². The number of aromatic nitrogens is 1. The number of rotatable bonds is 10. The minimum atomic E-state index is -0.423. The number of aryl methyl sites for hydroxylation is 1. The van der Waals surface area contributed by atoms with Gasteiger partial charge < -0.3 is 9.40 Å². The summed E-state index contributed by atoms with van der Waals surface area (Å²) in [6, 6.07) is 18.3. The van der Waals surface area contributed by atoms with E-state index < -0.39 is 4.92 Å². The lowest BCUT2D eigenvalue weighted by Gasteiger charge is -2.16. The van der Waals surface area contributed by atoms with Gasteiger partial charge in [-0.05, 0) is 29.5 Å². The fraction of sp³-hybridized carbons (Fsp3) is 0.280. The molecule has 0 saturated carbocycles. The summed E-state index contributed by atoms with van der Waals surface area (Å²) in [6.07, 6.45) is 2.31. The lowest BCUT2D eigenvalue weighted by atomic mass is 9.98. The molecule has 32 heavy (non-hydrogen) atoms. The van der Waals surface area contributed by atoms with E-state index in [-0.39, 0.29) is 23.8 Å². The highest BCUT2D eigenvalue weighted by Gasteiger charge is 2.22. The van der Waals surface area contributed by atoms with Gasteiger partial charge >= 0.3 is 0 Å². The third kappa shape index (κ3) is 5.49. The normalized spacial score (nSPS) is 11.2. The molecule has 3 rings (SSSR count). The van der Waals surface area contributed by atoms with E-state index in [1.165, 1.54) is 19.2 Å². The van der Waals surface area contributed by atoms with Crippen LogP contribution in [0.5, 0.6) is 0 Å². The Balaban J connectivity index is 1.92. The van der Waals surface area contributed by atoms with E-state index in [4.69, 9.17) is 4.84 Å². The molecule has 0 aliphatic rings.